The smallest absolute Gasteiger partial charge is 0.122 e. The molecule has 0 radical (unpaired) electrons. The van der Waals surface area contributed by atoms with Gasteiger partial charge in [0.25, 0.3) is 0 Å². The molecule has 2 aliphatic rings. The van der Waals surface area contributed by atoms with Crippen molar-refractivity contribution in [2.45, 2.75) is 37.2 Å². The van der Waals surface area contributed by atoms with E-state index in [0.717, 1.165) is 31.7 Å². The summed E-state index contributed by atoms with van der Waals surface area (Å²) in [5.74, 6) is 0.946. The Kier molecular flexibility index (Phi) is 3.27. The van der Waals surface area contributed by atoms with Crippen molar-refractivity contribution >= 4 is 0 Å². The van der Waals surface area contributed by atoms with Crippen LogP contribution in [0.5, 0.6) is 5.75 Å². The molecule has 3 heteroatoms. The number of ether oxygens (including phenoxy) is 2. The first-order chi connectivity index (χ1) is 8.82. The SMILES string of the molecule is NCC1(c2ccc(OC3CCCOC3)cc2)CC1. The fourth-order valence-corrected chi connectivity index (χ4v) is 2.65. The molecule has 1 saturated heterocycles. The minimum Gasteiger partial charge on any atom is -0.488 e. The van der Waals surface area contributed by atoms with Gasteiger partial charge in [0.15, 0.2) is 0 Å². The zero-order valence-electron chi connectivity index (χ0n) is 10.7. The Balaban J connectivity index is 1.64. The Morgan fingerprint density at radius 1 is 1.28 bits per heavy atom. The minimum absolute atomic E-state index is 0.217. The second kappa shape index (κ2) is 4.90. The van der Waals surface area contributed by atoms with E-state index in [2.05, 4.69) is 24.3 Å². The fourth-order valence-electron chi connectivity index (χ4n) is 2.65. The Bertz CT molecular complexity index is 391. The fraction of sp³-hybridized carbons (Fsp3) is 0.600. The van der Waals surface area contributed by atoms with E-state index in [9.17, 15) is 0 Å². The first-order valence-corrected chi connectivity index (χ1v) is 6.87. The molecule has 1 aliphatic carbocycles. The topological polar surface area (TPSA) is 44.5 Å². The van der Waals surface area contributed by atoms with Gasteiger partial charge in [-0.1, -0.05) is 12.1 Å². The van der Waals surface area contributed by atoms with Gasteiger partial charge in [-0.2, -0.15) is 0 Å². The zero-order valence-corrected chi connectivity index (χ0v) is 10.7. The summed E-state index contributed by atoms with van der Waals surface area (Å²) in [5, 5.41) is 0. The van der Waals surface area contributed by atoms with Crippen molar-refractivity contribution in [2.24, 2.45) is 5.73 Å². The van der Waals surface area contributed by atoms with Crippen LogP contribution in [0.3, 0.4) is 0 Å². The van der Waals surface area contributed by atoms with Crippen molar-refractivity contribution in [1.29, 1.82) is 0 Å². The van der Waals surface area contributed by atoms with Crippen molar-refractivity contribution in [3.05, 3.63) is 29.8 Å². The van der Waals surface area contributed by atoms with Gasteiger partial charge in [0.1, 0.15) is 11.9 Å². The van der Waals surface area contributed by atoms with Gasteiger partial charge < -0.3 is 15.2 Å². The van der Waals surface area contributed by atoms with Crippen LogP contribution in [0.2, 0.25) is 0 Å². The third kappa shape index (κ3) is 2.38. The van der Waals surface area contributed by atoms with Crippen molar-refractivity contribution < 1.29 is 9.47 Å². The van der Waals surface area contributed by atoms with Crippen LogP contribution in [0.25, 0.3) is 0 Å². The summed E-state index contributed by atoms with van der Waals surface area (Å²) in [6.45, 7) is 2.34. The first-order valence-electron chi connectivity index (χ1n) is 6.87. The van der Waals surface area contributed by atoms with E-state index in [-0.39, 0.29) is 11.5 Å². The van der Waals surface area contributed by atoms with Crippen molar-refractivity contribution in [2.75, 3.05) is 19.8 Å². The molecule has 0 spiro atoms. The molecular formula is C15H21NO2. The van der Waals surface area contributed by atoms with Crippen LogP contribution in [-0.4, -0.2) is 25.9 Å². The van der Waals surface area contributed by atoms with Crippen molar-refractivity contribution in [3.63, 3.8) is 0 Å². The molecule has 2 fully saturated rings. The Labute approximate surface area is 108 Å². The lowest BCUT2D eigenvalue weighted by Crippen LogP contribution is -2.28. The van der Waals surface area contributed by atoms with Crippen LogP contribution in [0, 0.1) is 0 Å². The van der Waals surface area contributed by atoms with Crippen molar-refractivity contribution in [1.82, 2.24) is 0 Å². The van der Waals surface area contributed by atoms with E-state index in [1.165, 1.54) is 18.4 Å². The van der Waals surface area contributed by atoms with Crippen LogP contribution in [0.1, 0.15) is 31.2 Å². The zero-order chi connectivity index (χ0) is 12.4. The predicted octanol–water partition coefficient (Wildman–Crippen LogP) is 2.23. The Hall–Kier alpha value is -1.06. The monoisotopic (exact) mass is 247 g/mol. The molecule has 18 heavy (non-hydrogen) atoms. The summed E-state index contributed by atoms with van der Waals surface area (Å²) in [7, 11) is 0. The van der Waals surface area contributed by atoms with E-state index in [1.807, 2.05) is 0 Å². The lowest BCUT2D eigenvalue weighted by atomic mass is 9.96. The van der Waals surface area contributed by atoms with Gasteiger partial charge >= 0.3 is 0 Å². The normalized spacial score (nSPS) is 25.7. The number of hydrogen-bond donors (Lipinski definition) is 1. The van der Waals surface area contributed by atoms with Gasteiger partial charge in [-0.25, -0.2) is 0 Å². The van der Waals surface area contributed by atoms with Gasteiger partial charge in [-0.3, -0.25) is 0 Å². The average Bonchev–Trinajstić information content (AvgIpc) is 3.22. The van der Waals surface area contributed by atoms with Gasteiger partial charge in [-0.05, 0) is 43.4 Å². The van der Waals surface area contributed by atoms with Gasteiger partial charge in [-0.15, -0.1) is 0 Å². The summed E-state index contributed by atoms with van der Waals surface area (Å²) in [6.07, 6.45) is 4.85. The lowest BCUT2D eigenvalue weighted by molar-refractivity contribution is 0.00742. The maximum atomic E-state index is 5.92. The average molecular weight is 247 g/mol. The van der Waals surface area contributed by atoms with E-state index >= 15 is 0 Å². The highest BCUT2D eigenvalue weighted by Crippen LogP contribution is 2.47. The molecule has 0 aromatic heterocycles. The Morgan fingerprint density at radius 2 is 2.06 bits per heavy atom. The minimum atomic E-state index is 0.217. The second-order valence-corrected chi connectivity index (χ2v) is 5.47. The predicted molar refractivity (Wildman–Crippen MR) is 70.9 cm³/mol. The van der Waals surface area contributed by atoms with Crippen LogP contribution < -0.4 is 10.5 Å². The van der Waals surface area contributed by atoms with Crippen molar-refractivity contribution in [3.8, 4) is 5.75 Å². The molecule has 1 atom stereocenters. The van der Waals surface area contributed by atoms with E-state index < -0.39 is 0 Å². The molecule has 2 N–H and O–H groups in total. The van der Waals surface area contributed by atoms with E-state index in [4.69, 9.17) is 15.2 Å². The maximum absolute atomic E-state index is 5.92. The molecule has 3 nitrogen and oxygen atoms in total. The van der Waals surface area contributed by atoms with Gasteiger partial charge in [0.05, 0.1) is 6.61 Å². The molecule has 1 heterocycles. The number of nitrogens with two attached hydrogens (primary N) is 1. The van der Waals surface area contributed by atoms with Crippen LogP contribution in [-0.2, 0) is 10.2 Å². The standard InChI is InChI=1S/C15H21NO2/c16-11-15(7-8-15)12-3-5-13(6-4-12)18-14-2-1-9-17-10-14/h3-6,14H,1-2,7-11,16H2. The summed E-state index contributed by atoms with van der Waals surface area (Å²) >= 11 is 0. The molecule has 1 saturated carbocycles. The van der Waals surface area contributed by atoms with E-state index in [1.54, 1.807) is 0 Å². The highest BCUT2D eigenvalue weighted by molar-refractivity contribution is 5.36. The maximum Gasteiger partial charge on any atom is 0.122 e. The highest BCUT2D eigenvalue weighted by Gasteiger charge is 2.42. The quantitative estimate of drug-likeness (QED) is 0.887. The highest BCUT2D eigenvalue weighted by atomic mass is 16.5. The second-order valence-electron chi connectivity index (χ2n) is 5.47. The summed E-state index contributed by atoms with van der Waals surface area (Å²) in [4.78, 5) is 0. The molecular weight excluding hydrogens is 226 g/mol. The number of hydrogen-bond acceptors (Lipinski definition) is 3. The van der Waals surface area contributed by atoms with Gasteiger partial charge in [0.2, 0.25) is 0 Å². The number of benzene rings is 1. The van der Waals surface area contributed by atoms with Crippen LogP contribution >= 0.6 is 0 Å². The molecule has 98 valence electrons. The molecule has 0 amide bonds. The lowest BCUT2D eigenvalue weighted by Gasteiger charge is -2.23. The Morgan fingerprint density at radius 3 is 2.61 bits per heavy atom. The molecule has 3 rings (SSSR count). The number of rotatable bonds is 4. The summed E-state index contributed by atoms with van der Waals surface area (Å²) in [6, 6.07) is 8.47. The van der Waals surface area contributed by atoms with Gasteiger partial charge in [0, 0.05) is 18.6 Å². The van der Waals surface area contributed by atoms with E-state index in [0.29, 0.717) is 6.61 Å². The molecule has 0 bridgehead atoms. The summed E-state index contributed by atoms with van der Waals surface area (Å²) in [5.41, 5.74) is 7.47. The largest absolute Gasteiger partial charge is 0.488 e. The molecule has 1 aromatic rings. The first kappa shape index (κ1) is 12.0. The third-order valence-corrected chi connectivity index (χ3v) is 4.13. The molecule has 1 unspecified atom stereocenters. The van der Waals surface area contributed by atoms with Crippen LogP contribution in [0.4, 0.5) is 0 Å². The third-order valence-electron chi connectivity index (χ3n) is 4.13. The summed E-state index contributed by atoms with van der Waals surface area (Å²) < 4.78 is 11.3. The molecule has 1 aromatic carbocycles. The van der Waals surface area contributed by atoms with Crippen LogP contribution in [0.15, 0.2) is 24.3 Å². The molecule has 1 aliphatic heterocycles.